The third kappa shape index (κ3) is 1.32. The molecular weight excluding hydrogens is 246 g/mol. The second-order valence-electron chi connectivity index (χ2n) is 3.95. The second kappa shape index (κ2) is 3.37. The summed E-state index contributed by atoms with van der Waals surface area (Å²) in [6, 6.07) is 3.12. The number of hydrogen-bond acceptors (Lipinski definition) is 3. The van der Waals surface area contributed by atoms with Gasteiger partial charge in [0.2, 0.25) is 5.91 Å². The van der Waals surface area contributed by atoms with Crippen molar-refractivity contribution in [1.29, 1.82) is 0 Å². The van der Waals surface area contributed by atoms with Gasteiger partial charge in [0, 0.05) is 16.7 Å². The van der Waals surface area contributed by atoms with E-state index in [4.69, 9.17) is 21.4 Å². The number of carboxylic acid groups (broad SMARTS) is 1. The van der Waals surface area contributed by atoms with E-state index in [1.165, 1.54) is 11.0 Å². The Morgan fingerprint density at radius 1 is 1.53 bits per heavy atom. The Labute approximate surface area is 102 Å². The molecule has 88 valence electrons. The van der Waals surface area contributed by atoms with Crippen molar-refractivity contribution in [1.82, 2.24) is 0 Å². The number of halogens is 1. The number of carbonyl (C=O) groups excluding carboxylic acids is 1. The van der Waals surface area contributed by atoms with Gasteiger partial charge in [-0.15, -0.1) is 0 Å². The van der Waals surface area contributed by atoms with Crippen molar-refractivity contribution in [2.75, 3.05) is 18.1 Å². The van der Waals surface area contributed by atoms with Gasteiger partial charge in [0.15, 0.2) is 5.92 Å². The van der Waals surface area contributed by atoms with Crippen LogP contribution in [0.15, 0.2) is 12.1 Å². The highest BCUT2D eigenvalue weighted by Crippen LogP contribution is 2.47. The molecular formula is C11H8ClNO4. The highest BCUT2D eigenvalue weighted by Gasteiger charge is 2.45. The van der Waals surface area contributed by atoms with Crippen LogP contribution in [0.2, 0.25) is 5.02 Å². The van der Waals surface area contributed by atoms with Crippen molar-refractivity contribution in [3.05, 3.63) is 22.7 Å². The lowest BCUT2D eigenvalue weighted by Gasteiger charge is -2.25. The number of hydrogen-bond donors (Lipinski definition) is 1. The van der Waals surface area contributed by atoms with Crippen LogP contribution in [0.3, 0.4) is 0 Å². The molecule has 1 unspecified atom stereocenters. The molecule has 3 rings (SSSR count). The van der Waals surface area contributed by atoms with Crippen LogP contribution in [0, 0.1) is 0 Å². The standard InChI is InChI=1S/C11H8ClNO4/c12-5-3-6-8(11(15)16)10(14)13-1-2-17-7(4-5)9(6)13/h3-4,8H,1-2H2,(H,15,16). The van der Waals surface area contributed by atoms with Crippen LogP contribution in [0.1, 0.15) is 11.5 Å². The third-order valence-electron chi connectivity index (χ3n) is 2.98. The first-order valence-corrected chi connectivity index (χ1v) is 5.48. The Morgan fingerprint density at radius 3 is 3.00 bits per heavy atom. The molecule has 2 aliphatic heterocycles. The van der Waals surface area contributed by atoms with E-state index in [1.54, 1.807) is 6.07 Å². The number of anilines is 1. The Balaban J connectivity index is 2.27. The van der Waals surface area contributed by atoms with Gasteiger partial charge in [0.1, 0.15) is 12.4 Å². The SMILES string of the molecule is O=C(O)C1C(=O)N2CCOc3cc(Cl)cc1c32. The molecule has 0 saturated carbocycles. The average molecular weight is 254 g/mol. The maximum Gasteiger partial charge on any atom is 0.320 e. The number of nitrogens with zero attached hydrogens (tertiary/aromatic N) is 1. The van der Waals surface area contributed by atoms with E-state index in [2.05, 4.69) is 0 Å². The van der Waals surface area contributed by atoms with Crippen molar-refractivity contribution >= 4 is 29.2 Å². The van der Waals surface area contributed by atoms with Crippen molar-refractivity contribution in [3.8, 4) is 5.75 Å². The van der Waals surface area contributed by atoms with Gasteiger partial charge in [0.05, 0.1) is 12.2 Å². The zero-order chi connectivity index (χ0) is 12.2. The molecule has 0 spiro atoms. The summed E-state index contributed by atoms with van der Waals surface area (Å²) in [5.41, 5.74) is 0.975. The smallest absolute Gasteiger partial charge is 0.320 e. The van der Waals surface area contributed by atoms with E-state index in [0.29, 0.717) is 35.2 Å². The Morgan fingerprint density at radius 2 is 2.29 bits per heavy atom. The fourth-order valence-electron chi connectivity index (χ4n) is 2.32. The van der Waals surface area contributed by atoms with Crippen molar-refractivity contribution in [2.45, 2.75) is 5.92 Å². The molecule has 1 N–H and O–H groups in total. The molecule has 17 heavy (non-hydrogen) atoms. The van der Waals surface area contributed by atoms with Gasteiger partial charge in [-0.1, -0.05) is 11.6 Å². The number of ether oxygens (including phenoxy) is 1. The van der Waals surface area contributed by atoms with Crippen molar-refractivity contribution in [2.24, 2.45) is 0 Å². The molecule has 2 heterocycles. The minimum Gasteiger partial charge on any atom is -0.489 e. The van der Waals surface area contributed by atoms with E-state index < -0.39 is 17.8 Å². The predicted octanol–water partition coefficient (Wildman–Crippen LogP) is 1.25. The van der Waals surface area contributed by atoms with Crippen LogP contribution in [0.4, 0.5) is 5.69 Å². The summed E-state index contributed by atoms with van der Waals surface area (Å²) in [6.45, 7) is 0.731. The molecule has 0 aliphatic carbocycles. The summed E-state index contributed by atoms with van der Waals surface area (Å²) in [6.07, 6.45) is 0. The predicted molar refractivity (Wildman–Crippen MR) is 59.7 cm³/mol. The fourth-order valence-corrected chi connectivity index (χ4v) is 2.54. The molecule has 1 atom stereocenters. The second-order valence-corrected chi connectivity index (χ2v) is 4.39. The lowest BCUT2D eigenvalue weighted by atomic mass is 10.0. The zero-order valence-corrected chi connectivity index (χ0v) is 9.40. The Hall–Kier alpha value is -1.75. The lowest BCUT2D eigenvalue weighted by molar-refractivity contribution is -0.142. The Kier molecular flexibility index (Phi) is 2.06. The van der Waals surface area contributed by atoms with Gasteiger partial charge in [0.25, 0.3) is 0 Å². The van der Waals surface area contributed by atoms with Crippen molar-refractivity contribution in [3.63, 3.8) is 0 Å². The molecule has 1 amide bonds. The number of amides is 1. The van der Waals surface area contributed by atoms with Crippen LogP contribution in [0.5, 0.6) is 5.75 Å². The third-order valence-corrected chi connectivity index (χ3v) is 3.20. The van der Waals surface area contributed by atoms with Crippen LogP contribution in [-0.4, -0.2) is 30.1 Å². The van der Waals surface area contributed by atoms with Gasteiger partial charge in [-0.2, -0.15) is 0 Å². The lowest BCUT2D eigenvalue weighted by Crippen LogP contribution is -2.36. The first-order valence-electron chi connectivity index (χ1n) is 5.10. The molecule has 5 nitrogen and oxygen atoms in total. The maximum absolute atomic E-state index is 12.0. The zero-order valence-electron chi connectivity index (χ0n) is 8.64. The summed E-state index contributed by atoms with van der Waals surface area (Å²) < 4.78 is 5.40. The Bertz CT molecular complexity index is 543. The van der Waals surface area contributed by atoms with Crippen LogP contribution in [0.25, 0.3) is 0 Å². The summed E-state index contributed by atoms with van der Waals surface area (Å²) in [7, 11) is 0. The fraction of sp³-hybridized carbons (Fsp3) is 0.273. The maximum atomic E-state index is 12.0. The van der Waals surface area contributed by atoms with E-state index in [0.717, 1.165) is 0 Å². The molecule has 1 aromatic rings. The summed E-state index contributed by atoms with van der Waals surface area (Å²) >= 11 is 5.89. The number of benzene rings is 1. The molecule has 1 aromatic carbocycles. The summed E-state index contributed by atoms with van der Waals surface area (Å²) in [5, 5.41) is 9.49. The van der Waals surface area contributed by atoms with Crippen LogP contribution < -0.4 is 9.64 Å². The van der Waals surface area contributed by atoms with E-state index in [-0.39, 0.29) is 0 Å². The molecule has 0 saturated heterocycles. The summed E-state index contributed by atoms with van der Waals surface area (Å²) in [5.74, 6) is -2.26. The van der Waals surface area contributed by atoms with Crippen molar-refractivity contribution < 1.29 is 19.4 Å². The molecule has 6 heteroatoms. The van der Waals surface area contributed by atoms with Gasteiger partial charge in [-0.25, -0.2) is 0 Å². The molecule has 0 radical (unpaired) electrons. The number of carbonyl (C=O) groups is 2. The van der Waals surface area contributed by atoms with Crippen LogP contribution in [-0.2, 0) is 9.59 Å². The van der Waals surface area contributed by atoms with Gasteiger partial charge >= 0.3 is 5.97 Å². The monoisotopic (exact) mass is 253 g/mol. The molecule has 0 aromatic heterocycles. The molecule has 0 fully saturated rings. The topological polar surface area (TPSA) is 66.8 Å². The molecule has 0 bridgehead atoms. The first kappa shape index (κ1) is 10.4. The average Bonchev–Trinajstić information content (AvgIpc) is 2.53. The summed E-state index contributed by atoms with van der Waals surface area (Å²) in [4.78, 5) is 24.6. The largest absolute Gasteiger partial charge is 0.489 e. The van der Waals surface area contributed by atoms with Gasteiger partial charge < -0.3 is 14.7 Å². The number of rotatable bonds is 1. The number of carboxylic acids is 1. The highest BCUT2D eigenvalue weighted by molar-refractivity contribution is 6.31. The van der Waals surface area contributed by atoms with Crippen LogP contribution >= 0.6 is 11.6 Å². The number of aliphatic carboxylic acids is 1. The minimum absolute atomic E-state index is 0.352. The molecule has 2 aliphatic rings. The first-order chi connectivity index (χ1) is 8.09. The highest BCUT2D eigenvalue weighted by atomic mass is 35.5. The minimum atomic E-state index is -1.16. The van der Waals surface area contributed by atoms with Gasteiger partial charge in [-0.3, -0.25) is 9.59 Å². The quantitative estimate of drug-likeness (QED) is 0.765. The van der Waals surface area contributed by atoms with Gasteiger partial charge in [-0.05, 0) is 6.07 Å². The van der Waals surface area contributed by atoms with E-state index in [9.17, 15) is 9.59 Å². The van der Waals surface area contributed by atoms with E-state index in [1.807, 2.05) is 0 Å². The van der Waals surface area contributed by atoms with E-state index >= 15 is 0 Å². The normalized spacial score (nSPS) is 21.1.